The third-order valence-corrected chi connectivity index (χ3v) is 7.51. The minimum Gasteiger partial charge on any atom is -0.333 e. The van der Waals surface area contributed by atoms with Gasteiger partial charge in [-0.15, -0.1) is 0 Å². The Hall–Kier alpha value is -2.36. The van der Waals surface area contributed by atoms with Crippen LogP contribution in [0.3, 0.4) is 0 Å². The molecular weight excluding hydrogens is 410 g/mol. The van der Waals surface area contributed by atoms with Crippen molar-refractivity contribution in [3.63, 3.8) is 0 Å². The van der Waals surface area contributed by atoms with Crippen molar-refractivity contribution in [3.05, 3.63) is 59.9 Å². The van der Waals surface area contributed by atoms with Gasteiger partial charge in [0.2, 0.25) is 10.0 Å². The second-order valence-corrected chi connectivity index (χ2v) is 9.32. The van der Waals surface area contributed by atoms with Crippen LogP contribution in [0.15, 0.2) is 47.6 Å². The van der Waals surface area contributed by atoms with Crippen molar-refractivity contribution >= 4 is 21.1 Å². The molecule has 0 aliphatic carbocycles. The highest BCUT2D eigenvalue weighted by Crippen LogP contribution is 2.22. The lowest BCUT2D eigenvalue weighted by atomic mass is 10.1. The van der Waals surface area contributed by atoms with Gasteiger partial charge in [0.05, 0.1) is 4.90 Å². The molecule has 0 radical (unpaired) electrons. The summed E-state index contributed by atoms with van der Waals surface area (Å²) in [5, 5.41) is 1.15. The average molecular weight is 435 g/mol. The molecule has 0 spiro atoms. The van der Waals surface area contributed by atoms with Crippen LogP contribution >= 0.6 is 0 Å². The average Bonchev–Trinajstić information content (AvgIpc) is 3.12. The first kappa shape index (κ1) is 20.9. The highest BCUT2D eigenvalue weighted by atomic mass is 32.2. The number of benzene rings is 1. The van der Waals surface area contributed by atoms with E-state index in [1.165, 1.54) is 9.87 Å². The van der Waals surface area contributed by atoms with Crippen LogP contribution in [-0.4, -0.2) is 59.9 Å². The summed E-state index contributed by atoms with van der Waals surface area (Å²) >= 11 is 0. The van der Waals surface area contributed by atoms with Gasteiger partial charge < -0.3 is 9.47 Å². The van der Waals surface area contributed by atoms with E-state index in [4.69, 9.17) is 0 Å². The van der Waals surface area contributed by atoms with E-state index >= 15 is 0 Å². The summed E-state index contributed by atoms with van der Waals surface area (Å²) in [7, 11) is -3.83. The number of piperazine rings is 1. The van der Waals surface area contributed by atoms with Crippen molar-refractivity contribution in [2.75, 3.05) is 32.7 Å². The lowest BCUT2D eigenvalue weighted by Crippen LogP contribution is -2.49. The van der Waals surface area contributed by atoms with Crippen LogP contribution in [-0.2, 0) is 23.0 Å². The number of pyridine rings is 1. The van der Waals surface area contributed by atoms with Crippen LogP contribution in [0.2, 0.25) is 0 Å². The Kier molecular flexibility index (Phi) is 5.86. The van der Waals surface area contributed by atoms with Gasteiger partial charge in [-0.2, -0.15) is 4.31 Å². The van der Waals surface area contributed by atoms with Crippen LogP contribution in [0, 0.1) is 11.6 Å². The molecule has 9 heteroatoms. The van der Waals surface area contributed by atoms with Crippen molar-refractivity contribution in [1.82, 2.24) is 18.8 Å². The zero-order valence-corrected chi connectivity index (χ0v) is 17.6. The van der Waals surface area contributed by atoms with E-state index in [2.05, 4.69) is 33.6 Å². The molecule has 0 unspecified atom stereocenters. The van der Waals surface area contributed by atoms with Gasteiger partial charge in [-0.25, -0.2) is 22.2 Å². The second-order valence-electron chi connectivity index (χ2n) is 7.39. The van der Waals surface area contributed by atoms with E-state index in [0.29, 0.717) is 26.2 Å². The molecule has 0 saturated carbocycles. The first-order valence-electron chi connectivity index (χ1n) is 10.0. The Morgan fingerprint density at radius 2 is 1.83 bits per heavy atom. The van der Waals surface area contributed by atoms with Crippen molar-refractivity contribution in [1.29, 1.82) is 0 Å². The lowest BCUT2D eigenvalue weighted by molar-refractivity contribution is 0.190. The largest absolute Gasteiger partial charge is 0.333 e. The van der Waals surface area contributed by atoms with E-state index in [-0.39, 0.29) is 4.90 Å². The number of aryl methyl sites for hydroxylation is 1. The topological polar surface area (TPSA) is 58.4 Å². The molecule has 0 bridgehead atoms. The number of rotatable bonds is 6. The Bertz CT molecular complexity index is 1160. The molecular formula is C21H24F2N4O2S. The van der Waals surface area contributed by atoms with Crippen molar-refractivity contribution < 1.29 is 17.2 Å². The summed E-state index contributed by atoms with van der Waals surface area (Å²) in [6.45, 7) is 5.58. The summed E-state index contributed by atoms with van der Waals surface area (Å²) in [6.07, 6.45) is 4.79. The normalized spacial score (nSPS) is 16.4. The molecule has 1 saturated heterocycles. The summed E-state index contributed by atoms with van der Waals surface area (Å²) in [6, 6.07) is 6.72. The van der Waals surface area contributed by atoms with Crippen LogP contribution in [0.25, 0.3) is 11.0 Å². The summed E-state index contributed by atoms with van der Waals surface area (Å²) in [5.41, 5.74) is 2.22. The molecule has 160 valence electrons. The zero-order chi connectivity index (χ0) is 21.3. The van der Waals surface area contributed by atoms with E-state index < -0.39 is 21.7 Å². The van der Waals surface area contributed by atoms with Gasteiger partial charge in [0, 0.05) is 57.0 Å². The highest BCUT2D eigenvalue weighted by Gasteiger charge is 2.29. The molecule has 0 amide bonds. The van der Waals surface area contributed by atoms with Crippen LogP contribution < -0.4 is 0 Å². The Morgan fingerprint density at radius 1 is 1.07 bits per heavy atom. The third-order valence-electron chi connectivity index (χ3n) is 5.61. The van der Waals surface area contributed by atoms with E-state index in [1.54, 1.807) is 6.20 Å². The number of hydrogen-bond acceptors (Lipinski definition) is 4. The number of aromatic nitrogens is 2. The molecule has 0 atom stereocenters. The minimum atomic E-state index is -3.83. The first-order chi connectivity index (χ1) is 14.4. The van der Waals surface area contributed by atoms with E-state index in [1.807, 2.05) is 6.07 Å². The van der Waals surface area contributed by atoms with Crippen molar-refractivity contribution in [2.45, 2.75) is 24.8 Å². The fraction of sp³-hybridized carbons (Fsp3) is 0.381. The Morgan fingerprint density at radius 3 is 2.53 bits per heavy atom. The molecule has 30 heavy (non-hydrogen) atoms. The van der Waals surface area contributed by atoms with Gasteiger partial charge in [-0.05, 0) is 49.2 Å². The molecule has 2 aromatic heterocycles. The molecule has 3 aromatic rings. The highest BCUT2D eigenvalue weighted by molar-refractivity contribution is 7.89. The maximum absolute atomic E-state index is 13.5. The number of halogens is 2. The zero-order valence-electron chi connectivity index (χ0n) is 16.8. The number of sulfonamides is 1. The molecule has 1 aliphatic rings. The smallest absolute Gasteiger partial charge is 0.243 e. The molecule has 6 nitrogen and oxygen atoms in total. The summed E-state index contributed by atoms with van der Waals surface area (Å²) < 4.78 is 55.5. The number of fused-ring (bicyclic) bond motifs is 1. The molecule has 4 rings (SSSR count). The predicted octanol–water partition coefficient (Wildman–Crippen LogP) is 2.88. The molecule has 1 aliphatic heterocycles. The SMILES string of the molecule is CCn1cc(CCN2CCN(S(=O)(=O)c3ccc(F)c(F)c3)CC2)c2cccnc21. The van der Waals surface area contributed by atoms with Gasteiger partial charge in [0.15, 0.2) is 11.6 Å². The second kappa shape index (κ2) is 8.41. The fourth-order valence-electron chi connectivity index (χ4n) is 3.89. The van der Waals surface area contributed by atoms with Crippen molar-refractivity contribution in [3.8, 4) is 0 Å². The monoisotopic (exact) mass is 434 g/mol. The fourth-order valence-corrected chi connectivity index (χ4v) is 5.33. The predicted molar refractivity (Wildman–Crippen MR) is 111 cm³/mol. The molecule has 3 heterocycles. The van der Waals surface area contributed by atoms with Gasteiger partial charge in [-0.3, -0.25) is 0 Å². The summed E-state index contributed by atoms with van der Waals surface area (Å²) in [5.74, 6) is -2.21. The molecule has 0 N–H and O–H groups in total. The van der Waals surface area contributed by atoms with Gasteiger partial charge in [0.1, 0.15) is 5.65 Å². The summed E-state index contributed by atoms with van der Waals surface area (Å²) in [4.78, 5) is 6.48. The number of nitrogens with zero attached hydrogens (tertiary/aromatic N) is 4. The third kappa shape index (κ3) is 3.97. The Balaban J connectivity index is 1.39. The molecule has 1 aromatic carbocycles. The van der Waals surface area contributed by atoms with E-state index in [9.17, 15) is 17.2 Å². The van der Waals surface area contributed by atoms with Crippen LogP contribution in [0.1, 0.15) is 12.5 Å². The van der Waals surface area contributed by atoms with Crippen molar-refractivity contribution in [2.24, 2.45) is 0 Å². The van der Waals surface area contributed by atoms with E-state index in [0.717, 1.165) is 48.7 Å². The maximum atomic E-state index is 13.5. The quantitative estimate of drug-likeness (QED) is 0.599. The number of hydrogen-bond donors (Lipinski definition) is 0. The maximum Gasteiger partial charge on any atom is 0.243 e. The van der Waals surface area contributed by atoms with Gasteiger partial charge in [-0.1, -0.05) is 0 Å². The van der Waals surface area contributed by atoms with Gasteiger partial charge >= 0.3 is 0 Å². The minimum absolute atomic E-state index is 0.213. The molecule has 1 fully saturated rings. The van der Waals surface area contributed by atoms with Crippen LogP contribution in [0.4, 0.5) is 8.78 Å². The first-order valence-corrected chi connectivity index (χ1v) is 11.4. The lowest BCUT2D eigenvalue weighted by Gasteiger charge is -2.34. The standard InChI is InChI=1S/C21H24F2N4O2S/c1-2-26-15-16(18-4-3-8-24-21(18)26)7-9-25-10-12-27(13-11-25)30(28,29)17-5-6-19(22)20(23)14-17/h3-6,8,14-15H,2,7,9-13H2,1H3. The van der Waals surface area contributed by atoms with Crippen LogP contribution in [0.5, 0.6) is 0 Å². The Labute approximate surface area is 174 Å². The van der Waals surface area contributed by atoms with Gasteiger partial charge in [0.25, 0.3) is 0 Å².